The van der Waals surface area contributed by atoms with Gasteiger partial charge in [0, 0.05) is 24.9 Å². The number of amides is 1. The Morgan fingerprint density at radius 2 is 1.88 bits per heavy atom. The first-order chi connectivity index (χ1) is 12.5. The minimum Gasteiger partial charge on any atom is -0.508 e. The summed E-state index contributed by atoms with van der Waals surface area (Å²) < 4.78 is 26.3. The van der Waals surface area contributed by atoms with Crippen LogP contribution in [0.15, 0.2) is 59.5 Å². The quantitative estimate of drug-likeness (QED) is 0.678. The van der Waals surface area contributed by atoms with Gasteiger partial charge in [-0.3, -0.25) is 23.3 Å². The maximum atomic E-state index is 13.2. The molecular weight excluding hydrogens is 339 g/mol. The van der Waals surface area contributed by atoms with Crippen LogP contribution in [0.1, 0.15) is 11.1 Å². The van der Waals surface area contributed by atoms with Crippen LogP contribution < -0.4 is 5.46 Å². The molecule has 1 aromatic carbocycles. The number of aliphatic imine (C=N–C) groups is 1. The number of halogens is 2. The monoisotopic (exact) mass is 353 g/mol. The van der Waals surface area contributed by atoms with Crippen molar-refractivity contribution in [3.8, 4) is 5.75 Å². The van der Waals surface area contributed by atoms with Gasteiger partial charge in [0.15, 0.2) is 0 Å². The Labute approximate surface area is 149 Å². The topological polar surface area (TPSA) is 65.8 Å². The number of likely N-dealkylation sites (N-methyl/N-ethyl adjacent to an activating group) is 1. The molecule has 1 aromatic heterocycles. The Morgan fingerprint density at radius 3 is 2.58 bits per heavy atom. The highest BCUT2D eigenvalue weighted by Crippen LogP contribution is 2.19. The summed E-state index contributed by atoms with van der Waals surface area (Å²) in [5.74, 6) is -0.259. The maximum absolute atomic E-state index is 13.2. The molecule has 1 N–H and O–H groups in total. The maximum Gasteiger partial charge on any atom is 0.572 e. The number of carbonyl (C=O) groups excluding carboxylic acids is 1. The van der Waals surface area contributed by atoms with Crippen LogP contribution in [0.5, 0.6) is 5.75 Å². The number of aromatic hydroxyl groups is 1. The van der Waals surface area contributed by atoms with E-state index in [1.165, 1.54) is 23.1 Å². The molecule has 1 amide bonds. The second-order valence-electron chi connectivity index (χ2n) is 5.59. The van der Waals surface area contributed by atoms with E-state index < -0.39 is 13.2 Å². The number of hydrogen-bond donors (Lipinski definition) is 1. The number of benzene rings is 1. The van der Waals surface area contributed by atoms with Crippen LogP contribution in [-0.2, 0) is 4.79 Å². The van der Waals surface area contributed by atoms with Crippen molar-refractivity contribution in [2.75, 3.05) is 7.05 Å². The van der Waals surface area contributed by atoms with E-state index in [1.54, 1.807) is 43.7 Å². The highest BCUT2D eigenvalue weighted by atomic mass is 19.2. The van der Waals surface area contributed by atoms with Gasteiger partial charge in [-0.05, 0) is 47.5 Å². The van der Waals surface area contributed by atoms with Gasteiger partial charge < -0.3 is 5.11 Å². The van der Waals surface area contributed by atoms with Gasteiger partial charge in [0.2, 0.25) is 0 Å². The Bertz CT molecular complexity index is 927. The molecule has 5 nitrogen and oxygen atoms in total. The van der Waals surface area contributed by atoms with E-state index in [-0.39, 0.29) is 22.5 Å². The summed E-state index contributed by atoms with van der Waals surface area (Å²) in [5.41, 5.74) is 0.718. The van der Waals surface area contributed by atoms with E-state index in [2.05, 4.69) is 9.98 Å². The molecule has 0 bridgehead atoms. The van der Waals surface area contributed by atoms with Crippen molar-refractivity contribution in [2.45, 2.75) is 0 Å². The zero-order valence-corrected chi connectivity index (χ0v) is 13.8. The number of amidine groups is 1. The normalized spacial score (nSPS) is 15.8. The summed E-state index contributed by atoms with van der Waals surface area (Å²) >= 11 is 0. The summed E-state index contributed by atoms with van der Waals surface area (Å²) in [7, 11) is -1.22. The van der Waals surface area contributed by atoms with Gasteiger partial charge in [0.05, 0.1) is 0 Å². The molecule has 0 saturated heterocycles. The molecule has 3 rings (SSSR count). The van der Waals surface area contributed by atoms with E-state index in [0.717, 1.165) is 11.6 Å². The molecule has 1 aliphatic rings. The summed E-state index contributed by atoms with van der Waals surface area (Å²) in [4.78, 5) is 21.8. The predicted molar refractivity (Wildman–Crippen MR) is 97.2 cm³/mol. The van der Waals surface area contributed by atoms with Crippen LogP contribution in [-0.4, -0.2) is 41.0 Å². The summed E-state index contributed by atoms with van der Waals surface area (Å²) in [5, 5.41) is 9.39. The van der Waals surface area contributed by atoms with E-state index in [1.807, 2.05) is 0 Å². The number of carbonyl (C=O) groups is 1. The minimum absolute atomic E-state index is 0.0504. The van der Waals surface area contributed by atoms with E-state index in [4.69, 9.17) is 0 Å². The minimum atomic E-state index is -2.78. The molecule has 2 heterocycles. The van der Waals surface area contributed by atoms with E-state index in [0.29, 0.717) is 5.84 Å². The molecular formula is C18H14BF2N3O2. The second kappa shape index (κ2) is 7.31. The fourth-order valence-electron chi connectivity index (χ4n) is 2.44. The van der Waals surface area contributed by atoms with Crippen molar-refractivity contribution in [3.05, 3.63) is 65.6 Å². The fourth-order valence-corrected chi connectivity index (χ4v) is 2.44. The molecule has 0 radical (unpaired) electrons. The van der Waals surface area contributed by atoms with Gasteiger partial charge in [0.1, 0.15) is 17.3 Å². The smallest absolute Gasteiger partial charge is 0.508 e. The van der Waals surface area contributed by atoms with Gasteiger partial charge in [-0.1, -0.05) is 12.1 Å². The molecule has 0 saturated carbocycles. The van der Waals surface area contributed by atoms with Crippen LogP contribution in [0.2, 0.25) is 0 Å². The first kappa shape index (κ1) is 17.5. The number of phenols is 1. The zero-order valence-electron chi connectivity index (χ0n) is 13.8. The SMILES string of the molecule is CN1C(=O)/C(=C\c2ccc(O)cc2B(F)F)N=C1/C=C/c1ccncc1. The number of aromatic nitrogens is 1. The number of nitrogens with zero attached hydrogens (tertiary/aromatic N) is 3. The lowest BCUT2D eigenvalue weighted by Crippen LogP contribution is -2.26. The third-order valence-electron chi connectivity index (χ3n) is 3.83. The molecule has 0 unspecified atom stereocenters. The lowest BCUT2D eigenvalue weighted by atomic mass is 9.81. The molecule has 0 atom stereocenters. The van der Waals surface area contributed by atoms with Crippen molar-refractivity contribution >= 4 is 36.6 Å². The molecule has 1 aliphatic heterocycles. The Kier molecular flexibility index (Phi) is 4.93. The Morgan fingerprint density at radius 1 is 1.15 bits per heavy atom. The van der Waals surface area contributed by atoms with Crippen LogP contribution in [0, 0.1) is 0 Å². The average molecular weight is 353 g/mol. The lowest BCUT2D eigenvalue weighted by molar-refractivity contribution is -0.121. The number of rotatable bonds is 4. The number of phenolic OH excluding ortho intramolecular Hbond substituents is 1. The molecule has 0 spiro atoms. The average Bonchev–Trinajstić information content (AvgIpc) is 2.90. The predicted octanol–water partition coefficient (Wildman–Crippen LogP) is 2.35. The Balaban J connectivity index is 1.93. The van der Waals surface area contributed by atoms with Crippen LogP contribution in [0.3, 0.4) is 0 Å². The summed E-state index contributed by atoms with van der Waals surface area (Å²) in [6.07, 6.45) is 8.03. The van der Waals surface area contributed by atoms with Crippen molar-refractivity contribution in [3.63, 3.8) is 0 Å². The molecule has 2 aromatic rings. The molecule has 26 heavy (non-hydrogen) atoms. The van der Waals surface area contributed by atoms with Crippen molar-refractivity contribution in [1.29, 1.82) is 0 Å². The largest absolute Gasteiger partial charge is 0.572 e. The highest BCUT2D eigenvalue weighted by molar-refractivity contribution is 6.61. The highest BCUT2D eigenvalue weighted by Gasteiger charge is 2.27. The van der Waals surface area contributed by atoms with Crippen molar-refractivity contribution in [1.82, 2.24) is 9.88 Å². The van der Waals surface area contributed by atoms with E-state index in [9.17, 15) is 18.5 Å². The van der Waals surface area contributed by atoms with Gasteiger partial charge >= 0.3 is 7.27 Å². The molecule has 130 valence electrons. The number of hydrogen-bond acceptors (Lipinski definition) is 4. The Hall–Kier alpha value is -3.29. The molecule has 8 heteroatoms. The first-order valence-corrected chi connectivity index (χ1v) is 7.73. The summed E-state index contributed by atoms with van der Waals surface area (Å²) in [6.45, 7) is 0. The molecule has 0 fully saturated rings. The van der Waals surface area contributed by atoms with Crippen LogP contribution in [0.25, 0.3) is 12.2 Å². The first-order valence-electron chi connectivity index (χ1n) is 7.73. The van der Waals surface area contributed by atoms with E-state index >= 15 is 0 Å². The van der Waals surface area contributed by atoms with Gasteiger partial charge in [-0.2, -0.15) is 0 Å². The standard InChI is InChI=1S/C18H14BF2N3O2/c1-24-17(5-2-12-6-8-22-9-7-12)23-16(18(24)26)10-13-3-4-14(25)11-15(13)19(20)21/h2-11,25H,1H3/b5-2+,16-10+. The van der Waals surface area contributed by atoms with Gasteiger partial charge in [-0.25, -0.2) is 4.99 Å². The van der Waals surface area contributed by atoms with Crippen molar-refractivity contribution < 1.29 is 18.5 Å². The second-order valence-corrected chi connectivity index (χ2v) is 5.59. The third kappa shape index (κ3) is 3.69. The number of pyridine rings is 1. The third-order valence-corrected chi connectivity index (χ3v) is 3.83. The van der Waals surface area contributed by atoms with Gasteiger partial charge in [0.25, 0.3) is 5.91 Å². The summed E-state index contributed by atoms with van der Waals surface area (Å²) in [6, 6.07) is 7.20. The lowest BCUT2D eigenvalue weighted by Gasteiger charge is -2.08. The van der Waals surface area contributed by atoms with Gasteiger partial charge in [-0.15, -0.1) is 0 Å². The fraction of sp³-hybridized carbons (Fsp3) is 0.0556. The zero-order chi connectivity index (χ0) is 18.7. The van der Waals surface area contributed by atoms with Crippen LogP contribution >= 0.6 is 0 Å². The van der Waals surface area contributed by atoms with Crippen LogP contribution in [0.4, 0.5) is 8.63 Å². The van der Waals surface area contributed by atoms with Crippen molar-refractivity contribution in [2.24, 2.45) is 4.99 Å². The molecule has 0 aliphatic carbocycles.